The summed E-state index contributed by atoms with van der Waals surface area (Å²) >= 11 is 0. The van der Waals surface area contributed by atoms with Crippen LogP contribution in [0.2, 0.25) is 0 Å². The lowest BCUT2D eigenvalue weighted by molar-refractivity contribution is -0.137. The Morgan fingerprint density at radius 1 is 0.952 bits per heavy atom. The quantitative estimate of drug-likeness (QED) is 0.471. The molecule has 1 aromatic carbocycles. The van der Waals surface area contributed by atoms with Crippen LogP contribution in [0.25, 0.3) is 0 Å². The molecule has 42 heavy (non-hydrogen) atoms. The molecule has 0 spiro atoms. The van der Waals surface area contributed by atoms with Crippen molar-refractivity contribution in [2.75, 3.05) is 50.9 Å². The number of alkyl halides is 3. The molecule has 1 saturated carbocycles. The van der Waals surface area contributed by atoms with Gasteiger partial charge < -0.3 is 25.3 Å². The van der Waals surface area contributed by atoms with E-state index < -0.39 is 17.8 Å². The van der Waals surface area contributed by atoms with Crippen LogP contribution in [0.1, 0.15) is 67.3 Å². The minimum atomic E-state index is -4.66. The Morgan fingerprint density at radius 3 is 2.29 bits per heavy atom. The number of likely N-dealkylation sites (tertiary alicyclic amines) is 2. The average Bonchev–Trinajstić information content (AvgIpc) is 3.52. The largest absolute Gasteiger partial charge is 0.421 e. The summed E-state index contributed by atoms with van der Waals surface area (Å²) in [5, 5.41) is 5.96. The summed E-state index contributed by atoms with van der Waals surface area (Å²) in [5.41, 5.74) is 0.103. The predicted molar refractivity (Wildman–Crippen MR) is 155 cm³/mol. The zero-order valence-electron chi connectivity index (χ0n) is 24.3. The molecule has 0 bridgehead atoms. The van der Waals surface area contributed by atoms with E-state index in [4.69, 9.17) is 0 Å². The molecule has 3 heterocycles. The number of piperidine rings is 1. The Bertz CT molecular complexity index is 1240. The van der Waals surface area contributed by atoms with Crippen LogP contribution < -0.4 is 10.6 Å². The molecule has 5 rings (SSSR count). The second kappa shape index (κ2) is 12.8. The Labute approximate surface area is 244 Å². The highest BCUT2D eigenvalue weighted by Crippen LogP contribution is 2.37. The van der Waals surface area contributed by atoms with Crippen LogP contribution >= 0.6 is 0 Å². The molecule has 2 aliphatic heterocycles. The highest BCUT2D eigenvalue weighted by molar-refractivity contribution is 5.94. The van der Waals surface area contributed by atoms with Crippen molar-refractivity contribution in [3.05, 3.63) is 41.6 Å². The van der Waals surface area contributed by atoms with Crippen LogP contribution in [0.3, 0.4) is 0 Å². The van der Waals surface area contributed by atoms with Gasteiger partial charge in [0, 0.05) is 49.7 Å². The molecule has 9 nitrogen and oxygen atoms in total. The molecule has 2 amide bonds. The summed E-state index contributed by atoms with van der Waals surface area (Å²) in [5.74, 6) is -0.786. The molecular formula is C30H40F3N7O2. The molecule has 2 aromatic rings. The number of nitrogens with one attached hydrogen (secondary N) is 2. The summed E-state index contributed by atoms with van der Waals surface area (Å²) in [7, 11) is 3.90. The highest BCUT2D eigenvalue weighted by atomic mass is 19.4. The van der Waals surface area contributed by atoms with Gasteiger partial charge in [0.2, 0.25) is 11.9 Å². The van der Waals surface area contributed by atoms with Crippen LogP contribution in [0.5, 0.6) is 0 Å². The van der Waals surface area contributed by atoms with E-state index >= 15 is 0 Å². The fraction of sp³-hybridized carbons (Fsp3) is 0.600. The number of rotatable bonds is 7. The fourth-order valence-electron chi connectivity index (χ4n) is 6.28. The van der Waals surface area contributed by atoms with Crippen LogP contribution in [-0.4, -0.2) is 88.8 Å². The van der Waals surface area contributed by atoms with Gasteiger partial charge in [-0.15, -0.1) is 0 Å². The lowest BCUT2D eigenvalue weighted by Gasteiger charge is -2.35. The molecular weight excluding hydrogens is 547 g/mol. The minimum Gasteiger partial charge on any atom is -0.366 e. The average molecular weight is 588 g/mol. The fourth-order valence-corrected chi connectivity index (χ4v) is 6.28. The Hall–Kier alpha value is -3.41. The molecule has 2 atom stereocenters. The van der Waals surface area contributed by atoms with Crippen molar-refractivity contribution in [3.8, 4) is 0 Å². The first-order valence-electron chi connectivity index (χ1n) is 14.9. The van der Waals surface area contributed by atoms with Crippen molar-refractivity contribution < 1.29 is 22.8 Å². The summed E-state index contributed by atoms with van der Waals surface area (Å²) in [6, 6.07) is 6.51. The molecule has 1 aromatic heterocycles. The standard InChI is InChI=1S/C30H40F3N7O2/c1-38-17-13-22(14-18-38)39(2)27(41)20-9-11-21(12-10-20)35-29-34-19-24(30(31,32)33)26(37-29)36-25-8-4-3-7-23(25)28(42)40-15-5-6-16-40/h9-12,19,22-23,25H,3-8,13-18H2,1-2H3,(H2,34,35,36,37)/t23-,25+/m0/s1. The lowest BCUT2D eigenvalue weighted by atomic mass is 9.83. The number of amides is 2. The third kappa shape index (κ3) is 6.96. The van der Waals surface area contributed by atoms with E-state index in [1.165, 1.54) is 0 Å². The molecule has 2 saturated heterocycles. The Balaban J connectivity index is 1.30. The first-order chi connectivity index (χ1) is 20.1. The molecule has 2 N–H and O–H groups in total. The van der Waals surface area contributed by atoms with Gasteiger partial charge in [-0.25, -0.2) is 4.98 Å². The third-order valence-corrected chi connectivity index (χ3v) is 8.86. The van der Waals surface area contributed by atoms with Gasteiger partial charge in [-0.2, -0.15) is 18.2 Å². The molecule has 3 fully saturated rings. The van der Waals surface area contributed by atoms with Gasteiger partial charge in [0.25, 0.3) is 5.91 Å². The maximum absolute atomic E-state index is 13.9. The van der Waals surface area contributed by atoms with E-state index in [0.29, 0.717) is 37.2 Å². The SMILES string of the molecule is CN1CCC(N(C)C(=O)c2ccc(Nc3ncc(C(F)(F)F)c(N[C@@H]4CCCC[C@@H]4C(=O)N4CCCC4)n3)cc2)CC1. The normalized spacial score (nSPS) is 22.2. The van der Waals surface area contributed by atoms with E-state index in [2.05, 4.69) is 32.5 Å². The van der Waals surface area contributed by atoms with E-state index in [-0.39, 0.29) is 35.5 Å². The maximum atomic E-state index is 13.9. The molecule has 0 unspecified atom stereocenters. The number of aromatic nitrogens is 2. The second-order valence-electron chi connectivity index (χ2n) is 11.8. The van der Waals surface area contributed by atoms with Crippen molar-refractivity contribution in [3.63, 3.8) is 0 Å². The number of anilines is 3. The van der Waals surface area contributed by atoms with Gasteiger partial charge in [-0.05, 0) is 82.9 Å². The van der Waals surface area contributed by atoms with Gasteiger partial charge in [0.15, 0.2) is 0 Å². The number of hydrogen-bond donors (Lipinski definition) is 2. The van der Waals surface area contributed by atoms with E-state index in [0.717, 1.165) is 57.8 Å². The summed E-state index contributed by atoms with van der Waals surface area (Å²) in [6.07, 6.45) is 2.81. The van der Waals surface area contributed by atoms with Crippen LogP contribution in [0, 0.1) is 5.92 Å². The smallest absolute Gasteiger partial charge is 0.366 e. The highest BCUT2D eigenvalue weighted by Gasteiger charge is 2.39. The second-order valence-corrected chi connectivity index (χ2v) is 11.8. The van der Waals surface area contributed by atoms with Gasteiger partial charge in [-0.1, -0.05) is 12.8 Å². The maximum Gasteiger partial charge on any atom is 0.421 e. The third-order valence-electron chi connectivity index (χ3n) is 8.86. The van der Waals surface area contributed by atoms with Gasteiger partial charge in [-0.3, -0.25) is 9.59 Å². The van der Waals surface area contributed by atoms with E-state index in [9.17, 15) is 22.8 Å². The molecule has 0 radical (unpaired) electrons. The van der Waals surface area contributed by atoms with Crippen LogP contribution in [0.15, 0.2) is 30.5 Å². The van der Waals surface area contributed by atoms with Crippen molar-refractivity contribution in [1.29, 1.82) is 0 Å². The van der Waals surface area contributed by atoms with E-state index in [1.807, 2.05) is 11.9 Å². The van der Waals surface area contributed by atoms with Crippen molar-refractivity contribution >= 4 is 29.3 Å². The molecule has 12 heteroatoms. The predicted octanol–water partition coefficient (Wildman–Crippen LogP) is 5.00. The molecule has 3 aliphatic rings. The number of benzene rings is 1. The van der Waals surface area contributed by atoms with Crippen molar-refractivity contribution in [1.82, 2.24) is 24.7 Å². The Kier molecular flexibility index (Phi) is 9.19. The Morgan fingerprint density at radius 2 is 1.62 bits per heavy atom. The van der Waals surface area contributed by atoms with Crippen molar-refractivity contribution in [2.24, 2.45) is 5.92 Å². The van der Waals surface area contributed by atoms with Crippen LogP contribution in [-0.2, 0) is 11.0 Å². The summed E-state index contributed by atoms with van der Waals surface area (Å²) < 4.78 is 41.8. The summed E-state index contributed by atoms with van der Waals surface area (Å²) in [6.45, 7) is 3.31. The number of hydrogen-bond acceptors (Lipinski definition) is 7. The minimum absolute atomic E-state index is 0.00810. The zero-order chi connectivity index (χ0) is 29.9. The van der Waals surface area contributed by atoms with Gasteiger partial charge >= 0.3 is 6.18 Å². The van der Waals surface area contributed by atoms with E-state index in [1.54, 1.807) is 29.2 Å². The number of carbonyl (C=O) groups excluding carboxylic acids is 2. The molecule has 1 aliphatic carbocycles. The van der Waals surface area contributed by atoms with Gasteiger partial charge in [0.05, 0.1) is 5.92 Å². The zero-order valence-corrected chi connectivity index (χ0v) is 24.3. The topological polar surface area (TPSA) is 93.7 Å². The number of nitrogens with zero attached hydrogens (tertiary/aromatic N) is 5. The monoisotopic (exact) mass is 587 g/mol. The summed E-state index contributed by atoms with van der Waals surface area (Å²) in [4.78, 5) is 40.3. The first kappa shape index (κ1) is 30.1. The first-order valence-corrected chi connectivity index (χ1v) is 14.9. The lowest BCUT2D eigenvalue weighted by Crippen LogP contribution is -2.44. The van der Waals surface area contributed by atoms with Crippen molar-refractivity contribution in [2.45, 2.75) is 69.6 Å². The number of halogens is 3. The van der Waals surface area contributed by atoms with Crippen LogP contribution in [0.4, 0.5) is 30.6 Å². The number of carbonyl (C=O) groups is 2. The molecule has 228 valence electrons. The van der Waals surface area contributed by atoms with Gasteiger partial charge in [0.1, 0.15) is 11.4 Å².